The quantitative estimate of drug-likeness (QED) is 0.926. The highest BCUT2D eigenvalue weighted by molar-refractivity contribution is 9.10. The van der Waals surface area contributed by atoms with Crippen LogP contribution in [0.4, 0.5) is 5.82 Å². The van der Waals surface area contributed by atoms with Crippen molar-refractivity contribution in [3.05, 3.63) is 27.8 Å². The van der Waals surface area contributed by atoms with Gasteiger partial charge in [0.1, 0.15) is 12.1 Å². The van der Waals surface area contributed by atoms with Crippen LogP contribution in [0.25, 0.3) is 10.6 Å². The Morgan fingerprint density at radius 3 is 2.65 bits per heavy atom. The molecule has 0 bridgehead atoms. The van der Waals surface area contributed by atoms with Gasteiger partial charge in [-0.25, -0.2) is 9.97 Å². The Morgan fingerprint density at radius 1 is 1.35 bits per heavy atom. The third-order valence-electron chi connectivity index (χ3n) is 2.53. The fourth-order valence-corrected chi connectivity index (χ4v) is 3.36. The maximum atomic E-state index is 4.44. The third kappa shape index (κ3) is 2.35. The van der Waals surface area contributed by atoms with Crippen LogP contribution in [0.5, 0.6) is 0 Å². The summed E-state index contributed by atoms with van der Waals surface area (Å²) >= 11 is 5.25. The largest absolute Gasteiger partial charge is 0.373 e. The molecule has 0 saturated carbocycles. The second kappa shape index (κ2) is 5.14. The molecular weight excluding hydrogens is 298 g/mol. The van der Waals surface area contributed by atoms with E-state index in [0.29, 0.717) is 5.92 Å². The predicted molar refractivity (Wildman–Crippen MR) is 76.7 cm³/mol. The predicted octanol–water partition coefficient (Wildman–Crippen LogP) is 4.13. The van der Waals surface area contributed by atoms with Crippen molar-refractivity contribution < 1.29 is 0 Å². The Balaban J connectivity index is 2.65. The first-order valence-electron chi connectivity index (χ1n) is 5.41. The van der Waals surface area contributed by atoms with Gasteiger partial charge < -0.3 is 5.32 Å². The summed E-state index contributed by atoms with van der Waals surface area (Å²) < 4.78 is 1.09. The lowest BCUT2D eigenvalue weighted by molar-refractivity contribution is 0.852. The molecule has 2 heterocycles. The molecule has 0 atom stereocenters. The van der Waals surface area contributed by atoms with Crippen LogP contribution in [-0.4, -0.2) is 17.0 Å². The highest BCUT2D eigenvalue weighted by Gasteiger charge is 2.17. The molecule has 90 valence electrons. The molecule has 0 aliphatic carbocycles. The van der Waals surface area contributed by atoms with Gasteiger partial charge in [-0.05, 0) is 33.3 Å². The van der Waals surface area contributed by atoms with E-state index in [1.54, 1.807) is 17.7 Å². The Hall–Kier alpha value is -0.940. The Kier molecular flexibility index (Phi) is 3.79. The van der Waals surface area contributed by atoms with Crippen LogP contribution in [0.15, 0.2) is 22.2 Å². The maximum absolute atomic E-state index is 4.44. The topological polar surface area (TPSA) is 37.8 Å². The summed E-state index contributed by atoms with van der Waals surface area (Å²) in [6, 6.07) is 2.05. The van der Waals surface area contributed by atoms with E-state index in [9.17, 15) is 0 Å². The minimum Gasteiger partial charge on any atom is -0.373 e. The van der Waals surface area contributed by atoms with E-state index in [4.69, 9.17) is 0 Å². The number of halogens is 1. The van der Waals surface area contributed by atoms with Crippen molar-refractivity contribution in [3.63, 3.8) is 0 Å². The summed E-state index contributed by atoms with van der Waals surface area (Å²) in [7, 11) is 1.89. The van der Waals surface area contributed by atoms with Gasteiger partial charge in [0.2, 0.25) is 0 Å². The molecule has 0 saturated heterocycles. The zero-order valence-corrected chi connectivity index (χ0v) is 12.4. The van der Waals surface area contributed by atoms with Gasteiger partial charge in [-0.15, -0.1) is 11.3 Å². The fourth-order valence-electron chi connectivity index (χ4n) is 1.79. The third-order valence-corrected chi connectivity index (χ3v) is 4.37. The summed E-state index contributed by atoms with van der Waals surface area (Å²) in [5.41, 5.74) is 2.18. The van der Waals surface area contributed by atoms with Crippen LogP contribution in [0.3, 0.4) is 0 Å². The van der Waals surface area contributed by atoms with Crippen LogP contribution in [0.1, 0.15) is 25.3 Å². The highest BCUT2D eigenvalue weighted by Crippen LogP contribution is 2.38. The van der Waals surface area contributed by atoms with E-state index in [1.165, 1.54) is 0 Å². The summed E-state index contributed by atoms with van der Waals surface area (Å²) in [6.07, 6.45) is 1.61. The van der Waals surface area contributed by atoms with Gasteiger partial charge in [-0.1, -0.05) is 13.8 Å². The van der Waals surface area contributed by atoms with Gasteiger partial charge in [0.05, 0.1) is 10.6 Å². The van der Waals surface area contributed by atoms with Crippen LogP contribution in [0.2, 0.25) is 0 Å². The SMILES string of the molecule is CNc1ncnc(-c2sccc2Br)c1C(C)C. The molecule has 2 rings (SSSR count). The van der Waals surface area contributed by atoms with Crippen LogP contribution in [-0.2, 0) is 0 Å². The van der Waals surface area contributed by atoms with Crippen molar-refractivity contribution in [1.29, 1.82) is 0 Å². The van der Waals surface area contributed by atoms with Crippen LogP contribution < -0.4 is 5.32 Å². The normalized spacial score (nSPS) is 10.9. The van der Waals surface area contributed by atoms with E-state index in [2.05, 4.69) is 50.4 Å². The Morgan fingerprint density at radius 2 is 2.12 bits per heavy atom. The van der Waals surface area contributed by atoms with E-state index < -0.39 is 0 Å². The average molecular weight is 312 g/mol. The van der Waals surface area contributed by atoms with E-state index in [0.717, 1.165) is 26.4 Å². The van der Waals surface area contributed by atoms with Crippen molar-refractivity contribution in [2.24, 2.45) is 0 Å². The average Bonchev–Trinajstić information content (AvgIpc) is 2.74. The van der Waals surface area contributed by atoms with Gasteiger partial charge in [0.25, 0.3) is 0 Å². The molecule has 0 aliphatic heterocycles. The lowest BCUT2D eigenvalue weighted by Gasteiger charge is -2.14. The fraction of sp³-hybridized carbons (Fsp3) is 0.333. The maximum Gasteiger partial charge on any atom is 0.133 e. The van der Waals surface area contributed by atoms with Crippen molar-refractivity contribution in [2.75, 3.05) is 12.4 Å². The number of rotatable bonds is 3. The Bertz CT molecular complexity index is 522. The van der Waals surface area contributed by atoms with Crippen molar-refractivity contribution in [2.45, 2.75) is 19.8 Å². The molecule has 0 fully saturated rings. The minimum absolute atomic E-state index is 0.377. The molecule has 0 spiro atoms. The van der Waals surface area contributed by atoms with Crippen molar-refractivity contribution >= 4 is 33.1 Å². The van der Waals surface area contributed by atoms with Crippen molar-refractivity contribution in [1.82, 2.24) is 9.97 Å². The summed E-state index contributed by atoms with van der Waals surface area (Å²) in [6.45, 7) is 4.31. The van der Waals surface area contributed by atoms with E-state index >= 15 is 0 Å². The zero-order valence-electron chi connectivity index (χ0n) is 9.99. The number of aromatic nitrogens is 2. The number of nitrogens with one attached hydrogen (secondary N) is 1. The number of anilines is 1. The first kappa shape index (κ1) is 12.5. The zero-order chi connectivity index (χ0) is 12.4. The molecule has 0 unspecified atom stereocenters. The van der Waals surface area contributed by atoms with Crippen molar-refractivity contribution in [3.8, 4) is 10.6 Å². The summed E-state index contributed by atoms with van der Waals surface area (Å²) in [4.78, 5) is 9.89. The number of thiophene rings is 1. The van der Waals surface area contributed by atoms with Crippen LogP contribution >= 0.6 is 27.3 Å². The van der Waals surface area contributed by atoms with Gasteiger partial charge in [0.15, 0.2) is 0 Å². The number of nitrogens with zero attached hydrogens (tertiary/aromatic N) is 2. The van der Waals surface area contributed by atoms with Gasteiger partial charge in [-0.2, -0.15) is 0 Å². The van der Waals surface area contributed by atoms with E-state index in [1.807, 2.05) is 13.1 Å². The second-order valence-electron chi connectivity index (χ2n) is 3.99. The lowest BCUT2D eigenvalue weighted by atomic mass is 10.0. The van der Waals surface area contributed by atoms with Gasteiger partial charge in [-0.3, -0.25) is 0 Å². The number of hydrogen-bond acceptors (Lipinski definition) is 4. The summed E-state index contributed by atoms with van der Waals surface area (Å²) in [5.74, 6) is 1.29. The molecule has 2 aromatic heterocycles. The highest BCUT2D eigenvalue weighted by atomic mass is 79.9. The number of hydrogen-bond donors (Lipinski definition) is 1. The first-order valence-corrected chi connectivity index (χ1v) is 7.08. The molecular formula is C12H14BrN3S. The minimum atomic E-state index is 0.377. The molecule has 0 amide bonds. The van der Waals surface area contributed by atoms with Crippen LogP contribution in [0, 0.1) is 0 Å². The lowest BCUT2D eigenvalue weighted by Crippen LogP contribution is -2.04. The first-order chi connectivity index (χ1) is 8.15. The van der Waals surface area contributed by atoms with Gasteiger partial charge in [0, 0.05) is 17.1 Å². The molecule has 0 radical (unpaired) electrons. The standard InChI is InChI=1S/C12H14BrN3S/c1-7(2)9-10(11-8(13)4-5-17-11)15-6-16-12(9)14-3/h4-7H,1-3H3,(H,14,15,16). The molecule has 17 heavy (non-hydrogen) atoms. The molecule has 3 nitrogen and oxygen atoms in total. The smallest absolute Gasteiger partial charge is 0.133 e. The molecule has 5 heteroatoms. The Labute approximate surface area is 113 Å². The molecule has 0 aliphatic rings. The van der Waals surface area contributed by atoms with Gasteiger partial charge >= 0.3 is 0 Å². The van der Waals surface area contributed by atoms with E-state index in [-0.39, 0.29) is 0 Å². The monoisotopic (exact) mass is 311 g/mol. The second-order valence-corrected chi connectivity index (χ2v) is 5.76. The molecule has 0 aromatic carbocycles. The molecule has 2 aromatic rings. The summed E-state index contributed by atoms with van der Waals surface area (Å²) in [5, 5.41) is 5.20. The molecule has 1 N–H and O–H groups in total.